The van der Waals surface area contributed by atoms with Crippen molar-refractivity contribution >= 4 is 17.0 Å². The van der Waals surface area contributed by atoms with Gasteiger partial charge in [0.2, 0.25) is 17.5 Å². The summed E-state index contributed by atoms with van der Waals surface area (Å²) in [5, 5.41) is 8.71. The number of nitrogens with two attached hydrogens (primary N) is 1. The first-order valence-corrected chi connectivity index (χ1v) is 6.39. The number of hydrogen-bond donors (Lipinski definition) is 3. The minimum absolute atomic E-state index is 0.0296. The molecule has 2 aromatic heterocycles. The van der Waals surface area contributed by atoms with Crippen LogP contribution in [0.15, 0.2) is 11.0 Å². The van der Waals surface area contributed by atoms with Gasteiger partial charge in [0.1, 0.15) is 12.0 Å². The van der Waals surface area contributed by atoms with Crippen LogP contribution >= 0.6 is 0 Å². The fourth-order valence-corrected chi connectivity index (χ4v) is 2.60. The number of alkyl halides is 1. The summed E-state index contributed by atoms with van der Waals surface area (Å²) in [7, 11) is 0. The number of aliphatic hydroxyl groups excluding tert-OH is 1. The van der Waals surface area contributed by atoms with Gasteiger partial charge in [0.05, 0.1) is 0 Å². The summed E-state index contributed by atoms with van der Waals surface area (Å²) >= 11 is 0. The summed E-state index contributed by atoms with van der Waals surface area (Å²) in [6.45, 7) is -0.895. The number of aromatic nitrogens is 3. The zero-order valence-corrected chi connectivity index (χ0v) is 11.3. The van der Waals surface area contributed by atoms with Crippen LogP contribution in [0.2, 0.25) is 0 Å². The third kappa shape index (κ3) is 1.88. The van der Waals surface area contributed by atoms with Crippen LogP contribution in [-0.2, 0) is 10.5 Å². The van der Waals surface area contributed by atoms with Crippen molar-refractivity contribution in [1.82, 2.24) is 14.5 Å². The summed E-state index contributed by atoms with van der Waals surface area (Å²) < 4.78 is 34.5. The van der Waals surface area contributed by atoms with E-state index in [0.29, 0.717) is 0 Å². The summed E-state index contributed by atoms with van der Waals surface area (Å²) in [5.74, 6) is -1.21. The van der Waals surface area contributed by atoms with Gasteiger partial charge in [0, 0.05) is 19.0 Å². The summed E-state index contributed by atoms with van der Waals surface area (Å²) in [6, 6.07) is 0. The van der Waals surface area contributed by atoms with Gasteiger partial charge in [-0.15, -0.1) is 6.42 Å². The largest absolute Gasteiger partial charge is 0.390 e. The topological polar surface area (TPSA) is 106 Å². The minimum Gasteiger partial charge on any atom is -0.390 e. The number of fused-ring (bicyclic) bond motifs is 1. The van der Waals surface area contributed by atoms with Crippen molar-refractivity contribution in [3.8, 4) is 12.3 Å². The summed E-state index contributed by atoms with van der Waals surface area (Å²) in [5.41, 5.74) is 2.82. The Kier molecular flexibility index (Phi) is 2.98. The lowest BCUT2D eigenvalue weighted by Crippen LogP contribution is -2.36. The van der Waals surface area contributed by atoms with Gasteiger partial charge in [-0.2, -0.15) is 4.98 Å². The Morgan fingerprint density at radius 1 is 1.64 bits per heavy atom. The average Bonchev–Trinajstić information content (AvgIpc) is 2.99. The molecule has 1 aliphatic heterocycles. The molecular weight excluding hydrogens is 298 g/mol. The van der Waals surface area contributed by atoms with Gasteiger partial charge in [-0.1, -0.05) is 0 Å². The number of halogens is 2. The maximum Gasteiger partial charge on any atom is 0.264 e. The SMILES string of the molecule is C#C[C@]1(n2cc(F)c3c(=O)[nH]c(N)nc32)CC[C@@](F)(CO)O1. The number of rotatable bonds is 2. The molecule has 0 spiro atoms. The van der Waals surface area contributed by atoms with E-state index >= 15 is 0 Å². The second-order valence-electron chi connectivity index (χ2n) is 5.07. The number of hydrogen-bond acceptors (Lipinski definition) is 5. The highest BCUT2D eigenvalue weighted by atomic mass is 19.2. The first kappa shape index (κ1) is 14.5. The van der Waals surface area contributed by atoms with Crippen LogP contribution in [0, 0.1) is 18.2 Å². The number of ether oxygens (including phenoxy) is 1. The fourth-order valence-electron chi connectivity index (χ4n) is 2.60. The second-order valence-corrected chi connectivity index (χ2v) is 5.07. The van der Waals surface area contributed by atoms with Crippen LogP contribution < -0.4 is 11.3 Å². The Morgan fingerprint density at radius 2 is 2.36 bits per heavy atom. The molecule has 4 N–H and O–H groups in total. The van der Waals surface area contributed by atoms with Crippen LogP contribution in [0.3, 0.4) is 0 Å². The lowest BCUT2D eigenvalue weighted by Gasteiger charge is -2.27. The predicted octanol–water partition coefficient (Wildman–Crippen LogP) is 0.200. The normalized spacial score (nSPS) is 28.1. The maximum absolute atomic E-state index is 14.2. The molecule has 1 fully saturated rings. The molecule has 0 saturated carbocycles. The Balaban J connectivity index is 2.26. The highest BCUT2D eigenvalue weighted by Gasteiger charge is 2.51. The van der Waals surface area contributed by atoms with Crippen molar-refractivity contribution in [2.75, 3.05) is 12.3 Å². The number of nitrogen functional groups attached to an aromatic ring is 1. The lowest BCUT2D eigenvalue weighted by atomic mass is 10.1. The standard InChI is InChI=1S/C13H12F2N4O3/c1-2-13(4-3-12(15,6-20)22-13)19-5-7(14)8-9(19)17-11(16)18-10(8)21/h1,5,20H,3-4,6H2,(H3,16,17,18,21)/t12-,13+/m0/s1. The smallest absolute Gasteiger partial charge is 0.264 e. The number of aromatic amines is 1. The lowest BCUT2D eigenvalue weighted by molar-refractivity contribution is -0.201. The highest BCUT2D eigenvalue weighted by Crippen LogP contribution is 2.43. The molecule has 7 nitrogen and oxygen atoms in total. The van der Waals surface area contributed by atoms with E-state index < -0.39 is 29.6 Å². The van der Waals surface area contributed by atoms with Gasteiger partial charge < -0.3 is 15.6 Å². The quantitative estimate of drug-likeness (QED) is 0.687. The van der Waals surface area contributed by atoms with Crippen molar-refractivity contribution in [2.24, 2.45) is 0 Å². The Hall–Kier alpha value is -2.44. The predicted molar refractivity (Wildman–Crippen MR) is 72.8 cm³/mol. The molecular formula is C13H12F2N4O3. The van der Waals surface area contributed by atoms with E-state index in [0.717, 1.165) is 10.8 Å². The van der Waals surface area contributed by atoms with E-state index in [1.54, 1.807) is 0 Å². The summed E-state index contributed by atoms with van der Waals surface area (Å²) in [6.07, 6.45) is 6.14. The molecule has 0 amide bonds. The Bertz CT molecular complexity index is 855. The minimum atomic E-state index is -2.34. The number of terminal acetylenes is 1. The van der Waals surface area contributed by atoms with E-state index in [-0.39, 0.29) is 29.8 Å². The molecule has 3 heterocycles. The third-order valence-electron chi connectivity index (χ3n) is 3.67. The molecule has 0 bridgehead atoms. The number of nitrogens with one attached hydrogen (secondary N) is 1. The fraction of sp³-hybridized carbons (Fsp3) is 0.385. The van der Waals surface area contributed by atoms with Crippen molar-refractivity contribution in [3.63, 3.8) is 0 Å². The van der Waals surface area contributed by atoms with Crippen LogP contribution in [0.4, 0.5) is 14.7 Å². The number of anilines is 1. The van der Waals surface area contributed by atoms with Gasteiger partial charge in [-0.25, -0.2) is 8.78 Å². The zero-order valence-electron chi connectivity index (χ0n) is 11.3. The van der Waals surface area contributed by atoms with Gasteiger partial charge in [-0.3, -0.25) is 14.3 Å². The molecule has 1 aliphatic rings. The van der Waals surface area contributed by atoms with Crippen LogP contribution in [0.5, 0.6) is 0 Å². The van der Waals surface area contributed by atoms with Gasteiger partial charge >= 0.3 is 0 Å². The van der Waals surface area contributed by atoms with E-state index in [9.17, 15) is 13.6 Å². The van der Waals surface area contributed by atoms with E-state index in [2.05, 4.69) is 15.9 Å². The molecule has 3 rings (SSSR count). The monoisotopic (exact) mass is 310 g/mol. The highest BCUT2D eigenvalue weighted by molar-refractivity contribution is 5.77. The number of nitrogens with zero attached hydrogens (tertiary/aromatic N) is 2. The van der Waals surface area contributed by atoms with Crippen LogP contribution in [0.25, 0.3) is 11.0 Å². The van der Waals surface area contributed by atoms with E-state index in [1.165, 1.54) is 0 Å². The summed E-state index contributed by atoms with van der Waals surface area (Å²) in [4.78, 5) is 17.8. The number of H-pyrrole nitrogens is 1. The first-order chi connectivity index (χ1) is 10.3. The van der Waals surface area contributed by atoms with Crippen molar-refractivity contribution < 1.29 is 18.6 Å². The van der Waals surface area contributed by atoms with E-state index in [1.807, 2.05) is 0 Å². The Morgan fingerprint density at radius 3 is 2.95 bits per heavy atom. The van der Waals surface area contributed by atoms with Crippen molar-refractivity contribution in [3.05, 3.63) is 22.4 Å². The molecule has 2 aromatic rings. The van der Waals surface area contributed by atoms with Gasteiger partial charge in [0.25, 0.3) is 5.56 Å². The molecule has 0 unspecified atom stereocenters. The molecule has 1 saturated heterocycles. The second kappa shape index (κ2) is 4.53. The van der Waals surface area contributed by atoms with Crippen LogP contribution in [-0.4, -0.2) is 32.1 Å². The molecule has 22 heavy (non-hydrogen) atoms. The molecule has 0 aromatic carbocycles. The molecule has 116 valence electrons. The van der Waals surface area contributed by atoms with Gasteiger partial charge in [-0.05, 0) is 5.92 Å². The first-order valence-electron chi connectivity index (χ1n) is 6.39. The molecule has 0 aliphatic carbocycles. The van der Waals surface area contributed by atoms with Crippen molar-refractivity contribution in [1.29, 1.82) is 0 Å². The average molecular weight is 310 g/mol. The Labute approximate surface area is 122 Å². The van der Waals surface area contributed by atoms with E-state index in [4.69, 9.17) is 22.0 Å². The van der Waals surface area contributed by atoms with Crippen molar-refractivity contribution in [2.45, 2.75) is 24.4 Å². The molecule has 2 atom stereocenters. The zero-order chi connectivity index (χ0) is 16.1. The van der Waals surface area contributed by atoms with Gasteiger partial charge in [0.15, 0.2) is 11.5 Å². The maximum atomic E-state index is 14.2. The molecule has 9 heteroatoms. The number of aliphatic hydroxyl groups is 1. The molecule has 0 radical (unpaired) electrons. The third-order valence-corrected chi connectivity index (χ3v) is 3.67. The van der Waals surface area contributed by atoms with Crippen LogP contribution in [0.1, 0.15) is 12.8 Å².